The molecule has 0 spiro atoms. The van der Waals surface area contributed by atoms with Crippen molar-refractivity contribution in [2.24, 2.45) is 4.99 Å². The number of guanidine groups is 1. The number of thiophene rings is 1. The molecular formula is C19H25IN4S. The van der Waals surface area contributed by atoms with Crippen molar-refractivity contribution in [2.45, 2.75) is 20.0 Å². The van der Waals surface area contributed by atoms with Crippen LogP contribution in [0, 0.1) is 0 Å². The van der Waals surface area contributed by atoms with Crippen LogP contribution in [0.1, 0.15) is 17.4 Å². The fourth-order valence-corrected chi connectivity index (χ4v) is 3.24. The van der Waals surface area contributed by atoms with Crippen LogP contribution in [0.25, 0.3) is 0 Å². The zero-order valence-electron chi connectivity index (χ0n) is 14.4. The monoisotopic (exact) mass is 468 g/mol. The number of halogens is 1. The van der Waals surface area contributed by atoms with Crippen LogP contribution in [-0.4, -0.2) is 25.6 Å². The SMILES string of the molecule is CCNC(=NCc1ccc(N2CC=CC2)cc1)NCc1cccs1.I. The molecule has 0 bridgehead atoms. The van der Waals surface area contributed by atoms with Gasteiger partial charge in [-0.3, -0.25) is 0 Å². The van der Waals surface area contributed by atoms with Crippen LogP contribution in [0.5, 0.6) is 0 Å². The largest absolute Gasteiger partial charge is 0.364 e. The number of aliphatic imine (C=N–C) groups is 1. The molecule has 6 heteroatoms. The highest BCUT2D eigenvalue weighted by Gasteiger charge is 2.07. The fourth-order valence-electron chi connectivity index (χ4n) is 2.60. The average molecular weight is 468 g/mol. The van der Waals surface area contributed by atoms with E-state index < -0.39 is 0 Å². The molecule has 0 fully saturated rings. The smallest absolute Gasteiger partial charge is 0.191 e. The standard InChI is InChI=1S/C19H24N4S.HI/c1-2-20-19(22-15-18-6-5-13-24-18)21-14-16-7-9-17(10-8-16)23-11-3-4-12-23;/h3-10,13H,2,11-12,14-15H2,1H3,(H2,20,21,22);1H. The van der Waals surface area contributed by atoms with Crippen molar-refractivity contribution in [3.05, 3.63) is 64.4 Å². The number of anilines is 1. The van der Waals surface area contributed by atoms with Gasteiger partial charge in [0, 0.05) is 30.2 Å². The highest BCUT2D eigenvalue weighted by molar-refractivity contribution is 14.0. The summed E-state index contributed by atoms with van der Waals surface area (Å²) in [6, 6.07) is 12.9. The van der Waals surface area contributed by atoms with Crippen LogP contribution in [-0.2, 0) is 13.1 Å². The van der Waals surface area contributed by atoms with Crippen molar-refractivity contribution in [3.63, 3.8) is 0 Å². The Kier molecular flexibility index (Phi) is 8.27. The van der Waals surface area contributed by atoms with Crippen LogP contribution in [0.15, 0.2) is 58.9 Å². The van der Waals surface area contributed by atoms with Crippen molar-refractivity contribution < 1.29 is 0 Å². The third kappa shape index (κ3) is 6.04. The Bertz CT molecular complexity index is 672. The predicted molar refractivity (Wildman–Crippen MR) is 119 cm³/mol. The van der Waals surface area contributed by atoms with Gasteiger partial charge in [-0.1, -0.05) is 30.4 Å². The lowest BCUT2D eigenvalue weighted by Gasteiger charge is -2.17. The molecule has 3 rings (SSSR count). The highest BCUT2D eigenvalue weighted by Crippen LogP contribution is 2.18. The molecule has 25 heavy (non-hydrogen) atoms. The second kappa shape index (κ2) is 10.5. The van der Waals surface area contributed by atoms with Crippen molar-refractivity contribution in [3.8, 4) is 0 Å². The number of benzene rings is 1. The maximum absolute atomic E-state index is 4.68. The van der Waals surface area contributed by atoms with E-state index in [9.17, 15) is 0 Å². The first-order chi connectivity index (χ1) is 11.8. The molecule has 2 heterocycles. The first-order valence-electron chi connectivity index (χ1n) is 8.38. The molecule has 1 aliphatic rings. The van der Waals surface area contributed by atoms with Gasteiger partial charge in [-0.15, -0.1) is 35.3 Å². The lowest BCUT2D eigenvalue weighted by molar-refractivity contribution is 0.823. The summed E-state index contributed by atoms with van der Waals surface area (Å²) in [5, 5.41) is 8.78. The summed E-state index contributed by atoms with van der Waals surface area (Å²) in [5.74, 6) is 0.860. The average Bonchev–Trinajstić information content (AvgIpc) is 3.31. The molecule has 0 radical (unpaired) electrons. The fraction of sp³-hybridized carbons (Fsp3) is 0.316. The Labute approximate surface area is 171 Å². The van der Waals surface area contributed by atoms with Gasteiger partial charge in [-0.25, -0.2) is 4.99 Å². The molecule has 0 atom stereocenters. The molecule has 0 saturated carbocycles. The van der Waals surface area contributed by atoms with E-state index in [0.717, 1.165) is 32.1 Å². The molecule has 2 N–H and O–H groups in total. The summed E-state index contributed by atoms with van der Waals surface area (Å²) in [4.78, 5) is 8.34. The molecule has 2 aromatic rings. The summed E-state index contributed by atoms with van der Waals surface area (Å²) in [7, 11) is 0. The van der Waals surface area contributed by atoms with Gasteiger partial charge >= 0.3 is 0 Å². The van der Waals surface area contributed by atoms with E-state index in [0.29, 0.717) is 6.54 Å². The van der Waals surface area contributed by atoms with Crippen LogP contribution in [0.4, 0.5) is 5.69 Å². The molecule has 4 nitrogen and oxygen atoms in total. The Morgan fingerprint density at radius 1 is 1.12 bits per heavy atom. The van der Waals surface area contributed by atoms with Gasteiger partial charge < -0.3 is 15.5 Å². The minimum absolute atomic E-state index is 0. The topological polar surface area (TPSA) is 39.7 Å². The molecule has 1 aromatic heterocycles. The number of hydrogen-bond donors (Lipinski definition) is 2. The minimum atomic E-state index is 0. The molecule has 1 aliphatic heterocycles. The quantitative estimate of drug-likeness (QED) is 0.292. The summed E-state index contributed by atoms with van der Waals surface area (Å²) >= 11 is 1.76. The van der Waals surface area contributed by atoms with Crippen molar-refractivity contribution >= 4 is 47.0 Å². The first-order valence-corrected chi connectivity index (χ1v) is 9.26. The molecule has 0 saturated heterocycles. The zero-order chi connectivity index (χ0) is 16.6. The molecule has 0 aliphatic carbocycles. The van der Waals surface area contributed by atoms with Gasteiger partial charge in [0.15, 0.2) is 5.96 Å². The van der Waals surface area contributed by atoms with E-state index in [2.05, 4.69) is 81.4 Å². The van der Waals surface area contributed by atoms with E-state index >= 15 is 0 Å². The maximum atomic E-state index is 4.68. The van der Waals surface area contributed by atoms with Gasteiger partial charge in [0.05, 0.1) is 13.1 Å². The van der Waals surface area contributed by atoms with E-state index in [-0.39, 0.29) is 24.0 Å². The Morgan fingerprint density at radius 2 is 1.88 bits per heavy atom. The number of rotatable bonds is 6. The molecule has 0 amide bonds. The van der Waals surface area contributed by atoms with E-state index in [1.807, 2.05) is 0 Å². The van der Waals surface area contributed by atoms with E-state index in [1.54, 1.807) is 11.3 Å². The second-order valence-corrected chi connectivity index (χ2v) is 6.70. The van der Waals surface area contributed by atoms with E-state index in [4.69, 9.17) is 0 Å². The van der Waals surface area contributed by atoms with Gasteiger partial charge in [0.25, 0.3) is 0 Å². The lowest BCUT2D eigenvalue weighted by Crippen LogP contribution is -2.36. The van der Waals surface area contributed by atoms with Crippen LogP contribution < -0.4 is 15.5 Å². The number of hydrogen-bond acceptors (Lipinski definition) is 3. The van der Waals surface area contributed by atoms with E-state index in [1.165, 1.54) is 16.1 Å². The Balaban J connectivity index is 0.00000225. The van der Waals surface area contributed by atoms with Crippen LogP contribution in [0.3, 0.4) is 0 Å². The van der Waals surface area contributed by atoms with Crippen molar-refractivity contribution in [2.75, 3.05) is 24.5 Å². The molecule has 134 valence electrons. The predicted octanol–water partition coefficient (Wildman–Crippen LogP) is 4.00. The Morgan fingerprint density at radius 3 is 2.52 bits per heavy atom. The van der Waals surface area contributed by atoms with Crippen LogP contribution >= 0.6 is 35.3 Å². The van der Waals surface area contributed by atoms with Gasteiger partial charge in [-0.2, -0.15) is 0 Å². The van der Waals surface area contributed by atoms with Crippen molar-refractivity contribution in [1.29, 1.82) is 0 Å². The van der Waals surface area contributed by atoms with Crippen molar-refractivity contribution in [1.82, 2.24) is 10.6 Å². The van der Waals surface area contributed by atoms with Gasteiger partial charge in [-0.05, 0) is 36.1 Å². The first kappa shape index (κ1) is 19.8. The van der Waals surface area contributed by atoms with Gasteiger partial charge in [0.2, 0.25) is 0 Å². The number of nitrogens with zero attached hydrogens (tertiary/aromatic N) is 2. The third-order valence-electron chi connectivity index (χ3n) is 3.89. The zero-order valence-corrected chi connectivity index (χ0v) is 17.6. The maximum Gasteiger partial charge on any atom is 0.191 e. The molecule has 0 unspecified atom stereocenters. The summed E-state index contributed by atoms with van der Waals surface area (Å²) < 4.78 is 0. The minimum Gasteiger partial charge on any atom is -0.364 e. The summed E-state index contributed by atoms with van der Waals surface area (Å²) in [6.07, 6.45) is 4.42. The Hall–Kier alpha value is -1.54. The highest BCUT2D eigenvalue weighted by atomic mass is 127. The summed E-state index contributed by atoms with van der Waals surface area (Å²) in [6.45, 7) is 6.45. The third-order valence-corrected chi connectivity index (χ3v) is 4.77. The van der Waals surface area contributed by atoms with Crippen LogP contribution in [0.2, 0.25) is 0 Å². The molecule has 1 aromatic carbocycles. The van der Waals surface area contributed by atoms with Gasteiger partial charge in [0.1, 0.15) is 0 Å². The second-order valence-electron chi connectivity index (χ2n) is 5.67. The summed E-state index contributed by atoms with van der Waals surface area (Å²) in [5.41, 5.74) is 2.50. The molecular weight excluding hydrogens is 443 g/mol. The lowest BCUT2D eigenvalue weighted by atomic mass is 10.2. The number of nitrogens with one attached hydrogen (secondary N) is 2. The normalized spacial score (nSPS) is 13.6.